The first-order chi connectivity index (χ1) is 8.04. The van der Waals surface area contributed by atoms with Crippen LogP contribution in [0.5, 0.6) is 0 Å². The summed E-state index contributed by atoms with van der Waals surface area (Å²) in [6.07, 6.45) is 14.5. The molecule has 2 unspecified atom stereocenters. The van der Waals surface area contributed by atoms with Crippen molar-refractivity contribution in [1.82, 2.24) is 0 Å². The molecule has 1 aliphatic rings. The molecule has 0 heteroatoms. The molecule has 0 aromatic heterocycles. The van der Waals surface area contributed by atoms with Gasteiger partial charge in [0.05, 0.1) is 0 Å². The van der Waals surface area contributed by atoms with Crippen LogP contribution < -0.4 is 0 Å². The van der Waals surface area contributed by atoms with Crippen molar-refractivity contribution in [1.29, 1.82) is 0 Å². The van der Waals surface area contributed by atoms with Crippen LogP contribution in [0.2, 0.25) is 0 Å². The van der Waals surface area contributed by atoms with E-state index in [4.69, 9.17) is 0 Å². The first-order valence-electron chi connectivity index (χ1n) is 6.45. The minimum absolute atomic E-state index is 0. The second kappa shape index (κ2) is 6.44. The van der Waals surface area contributed by atoms with Crippen LogP contribution >= 0.6 is 0 Å². The zero-order valence-corrected chi connectivity index (χ0v) is 11.5. The lowest BCUT2D eigenvalue weighted by molar-refractivity contribution is 0.598. The molecule has 0 spiro atoms. The molecule has 1 aliphatic carbocycles. The second-order valence-electron chi connectivity index (χ2n) is 4.89. The van der Waals surface area contributed by atoms with Crippen LogP contribution in [0.25, 0.3) is 0 Å². The Kier molecular flexibility index (Phi) is 5.21. The van der Waals surface area contributed by atoms with E-state index in [0.29, 0.717) is 11.8 Å². The third-order valence-corrected chi connectivity index (χ3v) is 3.22. The predicted octanol–water partition coefficient (Wildman–Crippen LogP) is 5.47. The van der Waals surface area contributed by atoms with Gasteiger partial charge in [-0.3, -0.25) is 0 Å². The van der Waals surface area contributed by atoms with Gasteiger partial charge in [0.1, 0.15) is 0 Å². The number of allylic oxidation sites excluding steroid dienone is 9. The summed E-state index contributed by atoms with van der Waals surface area (Å²) in [5.74, 6) is 1.09. The molecular weight excluding hydrogens is 204 g/mol. The maximum absolute atomic E-state index is 4.10. The largest absolute Gasteiger partial charge is 0.0915 e. The number of hydrogen-bond donors (Lipinski definition) is 0. The van der Waals surface area contributed by atoms with Crippen molar-refractivity contribution in [2.75, 3.05) is 0 Å². The minimum atomic E-state index is 0. The highest BCUT2D eigenvalue weighted by Crippen LogP contribution is 2.26. The summed E-state index contributed by atoms with van der Waals surface area (Å²) in [6.45, 7) is 12.8. The van der Waals surface area contributed by atoms with Crippen molar-refractivity contribution >= 4 is 0 Å². The van der Waals surface area contributed by atoms with Crippen molar-refractivity contribution in [2.45, 2.75) is 34.1 Å². The molecule has 0 radical (unpaired) electrons. The van der Waals surface area contributed by atoms with E-state index in [9.17, 15) is 0 Å². The maximum atomic E-state index is 4.10. The molecule has 0 fully saturated rings. The topological polar surface area (TPSA) is 0 Å². The van der Waals surface area contributed by atoms with Crippen LogP contribution in [-0.2, 0) is 0 Å². The number of rotatable bonds is 4. The van der Waals surface area contributed by atoms with E-state index < -0.39 is 0 Å². The molecule has 1 rings (SSSR count). The van der Waals surface area contributed by atoms with Crippen molar-refractivity contribution in [3.8, 4) is 0 Å². The van der Waals surface area contributed by atoms with Gasteiger partial charge in [0.25, 0.3) is 0 Å². The van der Waals surface area contributed by atoms with Crippen LogP contribution in [-0.4, -0.2) is 0 Å². The molecule has 0 N–H and O–H groups in total. The summed E-state index contributed by atoms with van der Waals surface area (Å²) < 4.78 is 0. The number of hydrogen-bond acceptors (Lipinski definition) is 0. The van der Waals surface area contributed by atoms with Crippen molar-refractivity contribution in [3.05, 3.63) is 59.8 Å². The van der Waals surface area contributed by atoms with Gasteiger partial charge in [0, 0.05) is 7.34 Å². The molecule has 0 aromatic rings. The molecule has 0 aromatic carbocycles. The Hall–Kier alpha value is -1.30. The molecule has 94 valence electrons. The van der Waals surface area contributed by atoms with Crippen molar-refractivity contribution in [2.24, 2.45) is 11.8 Å². The van der Waals surface area contributed by atoms with Gasteiger partial charge in [-0.05, 0) is 37.3 Å². The van der Waals surface area contributed by atoms with Gasteiger partial charge < -0.3 is 0 Å². The summed E-state index contributed by atoms with van der Waals surface area (Å²) in [5.41, 5.74) is 3.77. The third kappa shape index (κ3) is 4.22. The average molecular weight is 230 g/mol. The predicted molar refractivity (Wildman–Crippen MR) is 80.0 cm³/mol. The van der Waals surface area contributed by atoms with E-state index in [0.717, 1.165) is 12.0 Å². The highest BCUT2D eigenvalue weighted by molar-refractivity contribution is 5.38. The lowest BCUT2D eigenvalue weighted by Gasteiger charge is -2.20. The Morgan fingerprint density at radius 3 is 2.82 bits per heavy atom. The molecule has 0 aliphatic heterocycles. The highest BCUT2D eigenvalue weighted by Gasteiger charge is 2.13. The van der Waals surface area contributed by atoms with Crippen LogP contribution in [0.4, 0.5) is 0 Å². The summed E-state index contributed by atoms with van der Waals surface area (Å²) in [5, 5.41) is 0. The monoisotopic (exact) mass is 230 g/mol. The molecule has 17 heavy (non-hydrogen) atoms. The van der Waals surface area contributed by atoms with E-state index >= 15 is 0 Å². The normalized spacial score (nSPS) is 25.2. The highest BCUT2D eigenvalue weighted by atomic mass is 14.2. The van der Waals surface area contributed by atoms with Gasteiger partial charge in [0.15, 0.2) is 0 Å². The first kappa shape index (κ1) is 13.8. The zero-order valence-electron chi connectivity index (χ0n) is 11.5. The fourth-order valence-corrected chi connectivity index (χ4v) is 2.01. The van der Waals surface area contributed by atoms with Gasteiger partial charge in [-0.1, -0.05) is 62.5 Å². The second-order valence-corrected chi connectivity index (χ2v) is 4.89. The fraction of sp³-hybridized carbons (Fsp3) is 0.412. The van der Waals surface area contributed by atoms with E-state index in [-0.39, 0.29) is 1.43 Å². The van der Waals surface area contributed by atoms with E-state index in [1.807, 2.05) is 0 Å². The fourth-order valence-electron chi connectivity index (χ4n) is 2.01. The molecule has 0 amide bonds. The summed E-state index contributed by atoms with van der Waals surface area (Å²) in [4.78, 5) is 0. The molecule has 0 saturated heterocycles. The molecule has 0 saturated carbocycles. The van der Waals surface area contributed by atoms with Gasteiger partial charge in [0.2, 0.25) is 0 Å². The Morgan fingerprint density at radius 2 is 2.24 bits per heavy atom. The third-order valence-electron chi connectivity index (χ3n) is 3.22. The summed E-state index contributed by atoms with van der Waals surface area (Å²) in [7, 11) is 0. The lowest BCUT2D eigenvalue weighted by atomic mass is 9.85. The van der Waals surface area contributed by atoms with Gasteiger partial charge >= 0.3 is 0 Å². The first-order valence-corrected chi connectivity index (χ1v) is 6.45. The van der Waals surface area contributed by atoms with Gasteiger partial charge in [-0.25, -0.2) is 0 Å². The Balaban J connectivity index is 0.00000289. The Labute approximate surface area is 108 Å². The van der Waals surface area contributed by atoms with Gasteiger partial charge in [-0.15, -0.1) is 0 Å². The van der Waals surface area contributed by atoms with Crippen LogP contribution in [0.1, 0.15) is 35.5 Å². The lowest BCUT2D eigenvalue weighted by Crippen LogP contribution is -2.08. The van der Waals surface area contributed by atoms with Crippen LogP contribution in [0.3, 0.4) is 0 Å². The van der Waals surface area contributed by atoms with Gasteiger partial charge in [-0.2, -0.15) is 0 Å². The van der Waals surface area contributed by atoms with Crippen molar-refractivity contribution in [3.63, 3.8) is 0 Å². The molecule has 0 nitrogen and oxygen atoms in total. The summed E-state index contributed by atoms with van der Waals surface area (Å²) >= 11 is 0. The SMILES string of the molecule is C=C(/C=C/CC)/C(C)=C\C1C=CC(C)=CC1C.[HH]. The Morgan fingerprint density at radius 1 is 1.53 bits per heavy atom. The molecular formula is C17H26. The average Bonchev–Trinajstić information content (AvgIpc) is 2.29. The van der Waals surface area contributed by atoms with Crippen LogP contribution in [0.15, 0.2) is 59.8 Å². The van der Waals surface area contributed by atoms with E-state index in [1.165, 1.54) is 11.1 Å². The molecule has 0 heterocycles. The minimum Gasteiger partial charge on any atom is -0.0915 e. The maximum Gasteiger partial charge on any atom is 0.00161 e. The summed E-state index contributed by atoms with van der Waals surface area (Å²) in [6, 6.07) is 0. The standard InChI is InChI=1S/C17H24.H2/c1-6-7-8-14(3)15(4)12-17-10-9-13(2)11-16(17)5;/h7-12,16-17H,3,6H2,1-2,4-5H3;1H/b8-7+,15-12-;. The zero-order chi connectivity index (χ0) is 12.8. The van der Waals surface area contributed by atoms with Crippen LogP contribution in [0, 0.1) is 11.8 Å². The van der Waals surface area contributed by atoms with E-state index in [2.05, 4.69) is 70.7 Å². The molecule has 2 atom stereocenters. The quantitative estimate of drug-likeness (QED) is 0.562. The molecule has 0 bridgehead atoms. The smallest absolute Gasteiger partial charge is 0.00161 e. The van der Waals surface area contributed by atoms with Crippen molar-refractivity contribution < 1.29 is 1.43 Å². The Bertz CT molecular complexity index is 394. The van der Waals surface area contributed by atoms with E-state index in [1.54, 1.807) is 0 Å².